The number of allylic oxidation sites excluding steroid dienone is 1. The Morgan fingerprint density at radius 3 is 2.41 bits per heavy atom. The van der Waals surface area contributed by atoms with Gasteiger partial charge in [-0.15, -0.1) is 0 Å². The Morgan fingerprint density at radius 1 is 0.927 bits per heavy atom. The molecular formula is C32H28N2O6S. The fourth-order valence-electron chi connectivity index (χ4n) is 5.51. The summed E-state index contributed by atoms with van der Waals surface area (Å²) >= 11 is 1.34. The average Bonchev–Trinajstić information content (AvgIpc) is 3.30. The summed E-state index contributed by atoms with van der Waals surface area (Å²) in [5.41, 5.74) is 5.89. The molecule has 0 saturated carbocycles. The Kier molecular flexibility index (Phi) is 6.96. The molecule has 208 valence electrons. The molecule has 0 fully saturated rings. The molecule has 4 aromatic rings. The second-order valence-electron chi connectivity index (χ2n) is 9.73. The Hall–Kier alpha value is -4.63. The van der Waals surface area contributed by atoms with E-state index >= 15 is 0 Å². The number of benzene rings is 3. The molecule has 41 heavy (non-hydrogen) atoms. The van der Waals surface area contributed by atoms with Crippen LogP contribution in [0.1, 0.15) is 41.6 Å². The highest BCUT2D eigenvalue weighted by molar-refractivity contribution is 7.07. The second kappa shape index (κ2) is 10.7. The van der Waals surface area contributed by atoms with E-state index in [1.165, 1.54) is 30.9 Å². The third-order valence-electron chi connectivity index (χ3n) is 7.34. The summed E-state index contributed by atoms with van der Waals surface area (Å²) in [6, 6.07) is 18.9. The van der Waals surface area contributed by atoms with Gasteiger partial charge in [-0.25, -0.2) is 4.99 Å². The summed E-state index contributed by atoms with van der Waals surface area (Å²) < 4.78 is 24.1. The molecule has 2 aliphatic rings. The smallest absolute Gasteiger partial charge is 0.308 e. The summed E-state index contributed by atoms with van der Waals surface area (Å²) in [5.74, 6) is 1.50. The zero-order valence-electron chi connectivity index (χ0n) is 23.1. The number of hydrogen-bond acceptors (Lipinski definition) is 8. The van der Waals surface area contributed by atoms with Crippen LogP contribution in [-0.2, 0) is 11.2 Å². The van der Waals surface area contributed by atoms with Gasteiger partial charge >= 0.3 is 5.97 Å². The van der Waals surface area contributed by atoms with E-state index in [1.54, 1.807) is 37.0 Å². The van der Waals surface area contributed by atoms with Gasteiger partial charge in [-0.3, -0.25) is 14.2 Å². The maximum Gasteiger partial charge on any atom is 0.308 e. The average molecular weight is 569 g/mol. The number of nitrogens with zero attached hydrogens (tertiary/aromatic N) is 2. The molecule has 1 aromatic heterocycles. The van der Waals surface area contributed by atoms with E-state index < -0.39 is 5.97 Å². The predicted octanol–water partition coefficient (Wildman–Crippen LogP) is 4.27. The van der Waals surface area contributed by atoms with Gasteiger partial charge in [0.05, 0.1) is 37.6 Å². The van der Waals surface area contributed by atoms with Gasteiger partial charge in [-0.1, -0.05) is 47.7 Å². The van der Waals surface area contributed by atoms with Crippen molar-refractivity contribution in [2.45, 2.75) is 25.8 Å². The molecule has 8 nitrogen and oxygen atoms in total. The molecule has 1 aliphatic heterocycles. The van der Waals surface area contributed by atoms with Crippen molar-refractivity contribution in [3.8, 4) is 23.0 Å². The number of carbonyl (C=O) groups excluding carboxylic acids is 1. The highest BCUT2D eigenvalue weighted by Crippen LogP contribution is 2.42. The van der Waals surface area contributed by atoms with Crippen LogP contribution in [-0.4, -0.2) is 31.9 Å². The van der Waals surface area contributed by atoms with E-state index in [1.807, 2.05) is 36.4 Å². The summed E-state index contributed by atoms with van der Waals surface area (Å²) in [6.07, 6.45) is 3.47. The number of methoxy groups -OCH3 is 3. The summed E-state index contributed by atoms with van der Waals surface area (Å²) in [4.78, 5) is 31.2. The minimum absolute atomic E-state index is 0.137. The van der Waals surface area contributed by atoms with Crippen LogP contribution in [0.2, 0.25) is 0 Å². The van der Waals surface area contributed by atoms with Crippen LogP contribution in [0, 0.1) is 0 Å². The highest BCUT2D eigenvalue weighted by Gasteiger charge is 2.33. The van der Waals surface area contributed by atoms with E-state index in [9.17, 15) is 9.59 Å². The number of ether oxygens (including phenoxy) is 4. The molecule has 6 rings (SSSR count). The molecule has 1 atom stereocenters. The molecule has 2 heterocycles. The SMILES string of the molecule is COc1ccc([C@@H]2C3=C(N=c4s/c(=C\c5ccc(OC(C)=O)c(OC)c5)c(=O)n42)c2ccccc2CC3)cc1OC. The van der Waals surface area contributed by atoms with Gasteiger partial charge in [-0.2, -0.15) is 0 Å². The van der Waals surface area contributed by atoms with Crippen LogP contribution in [0.15, 0.2) is 76.0 Å². The van der Waals surface area contributed by atoms with Gasteiger partial charge in [-0.05, 0) is 65.4 Å². The number of esters is 1. The lowest BCUT2D eigenvalue weighted by Gasteiger charge is -2.31. The minimum atomic E-state index is -0.440. The lowest BCUT2D eigenvalue weighted by Crippen LogP contribution is -2.38. The molecule has 0 radical (unpaired) electrons. The number of aromatic nitrogens is 1. The van der Waals surface area contributed by atoms with E-state index in [0.717, 1.165) is 40.8 Å². The first-order valence-electron chi connectivity index (χ1n) is 13.1. The Labute approximate surface area is 240 Å². The predicted molar refractivity (Wildman–Crippen MR) is 157 cm³/mol. The van der Waals surface area contributed by atoms with Gasteiger partial charge in [0.25, 0.3) is 5.56 Å². The fraction of sp³-hybridized carbons (Fsp3) is 0.219. The van der Waals surface area contributed by atoms with E-state index in [-0.39, 0.29) is 11.6 Å². The largest absolute Gasteiger partial charge is 0.493 e. The first-order chi connectivity index (χ1) is 19.9. The normalized spacial score (nSPS) is 15.8. The van der Waals surface area contributed by atoms with Crippen LogP contribution in [0.4, 0.5) is 0 Å². The van der Waals surface area contributed by atoms with Crippen LogP contribution in [0.5, 0.6) is 23.0 Å². The van der Waals surface area contributed by atoms with Crippen molar-refractivity contribution in [3.05, 3.63) is 108 Å². The van der Waals surface area contributed by atoms with E-state index in [0.29, 0.717) is 32.3 Å². The van der Waals surface area contributed by atoms with E-state index in [2.05, 4.69) is 12.1 Å². The van der Waals surface area contributed by atoms with Crippen molar-refractivity contribution in [1.29, 1.82) is 0 Å². The van der Waals surface area contributed by atoms with Crippen LogP contribution >= 0.6 is 11.3 Å². The molecule has 0 saturated heterocycles. The van der Waals surface area contributed by atoms with Gasteiger partial charge in [0.1, 0.15) is 0 Å². The zero-order valence-corrected chi connectivity index (χ0v) is 23.9. The summed E-state index contributed by atoms with van der Waals surface area (Å²) in [6.45, 7) is 1.33. The lowest BCUT2D eigenvalue weighted by molar-refractivity contribution is -0.132. The Balaban J connectivity index is 1.56. The maximum absolute atomic E-state index is 14.1. The topological polar surface area (TPSA) is 88.4 Å². The fourth-order valence-corrected chi connectivity index (χ4v) is 6.51. The molecular weight excluding hydrogens is 540 g/mol. The number of fused-ring (bicyclic) bond motifs is 3. The van der Waals surface area contributed by atoms with E-state index in [4.69, 9.17) is 23.9 Å². The molecule has 0 unspecified atom stereocenters. The zero-order chi connectivity index (χ0) is 28.7. The van der Waals surface area contributed by atoms with Crippen molar-refractivity contribution < 1.29 is 23.7 Å². The molecule has 0 bridgehead atoms. The second-order valence-corrected chi connectivity index (χ2v) is 10.7. The van der Waals surface area contributed by atoms with Gasteiger partial charge < -0.3 is 18.9 Å². The number of hydrogen-bond donors (Lipinski definition) is 0. The molecule has 0 amide bonds. The number of carbonyl (C=O) groups is 1. The van der Waals surface area contributed by atoms with Gasteiger partial charge in [0.2, 0.25) is 0 Å². The molecule has 3 aromatic carbocycles. The monoisotopic (exact) mass is 568 g/mol. The first-order valence-corrected chi connectivity index (χ1v) is 13.9. The maximum atomic E-state index is 14.1. The van der Waals surface area contributed by atoms with Crippen LogP contribution in [0.3, 0.4) is 0 Å². The molecule has 0 N–H and O–H groups in total. The summed E-state index contributed by atoms with van der Waals surface area (Å²) in [7, 11) is 4.72. The highest BCUT2D eigenvalue weighted by atomic mass is 32.1. The van der Waals surface area contributed by atoms with Crippen molar-refractivity contribution in [2.24, 2.45) is 4.99 Å². The number of thiazole rings is 1. The van der Waals surface area contributed by atoms with Crippen molar-refractivity contribution in [2.75, 3.05) is 21.3 Å². The number of aryl methyl sites for hydroxylation is 1. The van der Waals surface area contributed by atoms with Crippen molar-refractivity contribution in [3.63, 3.8) is 0 Å². The minimum Gasteiger partial charge on any atom is -0.493 e. The third kappa shape index (κ3) is 4.72. The third-order valence-corrected chi connectivity index (χ3v) is 8.32. The van der Waals surface area contributed by atoms with Crippen LogP contribution in [0.25, 0.3) is 11.8 Å². The van der Waals surface area contributed by atoms with Gasteiger partial charge in [0.15, 0.2) is 27.8 Å². The molecule has 9 heteroatoms. The quantitative estimate of drug-likeness (QED) is 0.255. The lowest BCUT2D eigenvalue weighted by atomic mass is 9.83. The Bertz CT molecular complexity index is 1900. The Morgan fingerprint density at radius 2 is 1.66 bits per heavy atom. The standard InChI is InChI=1S/C32H28N2O6S/c1-18(35)40-25-13-9-19(15-26(25)38-3)16-28-31(36)34-30(21-11-14-24(37-2)27(17-21)39-4)23-12-10-20-7-5-6-8-22(20)29(23)33-32(34)41-28/h5-9,11,13-17,30H,10,12H2,1-4H3/b28-16-/t30-/m1/s1. The van der Waals surface area contributed by atoms with Gasteiger partial charge in [0, 0.05) is 12.5 Å². The first kappa shape index (κ1) is 26.6. The summed E-state index contributed by atoms with van der Waals surface area (Å²) in [5, 5.41) is 0. The number of rotatable bonds is 6. The van der Waals surface area contributed by atoms with Crippen molar-refractivity contribution >= 4 is 29.1 Å². The molecule has 0 spiro atoms. The molecule has 1 aliphatic carbocycles. The van der Waals surface area contributed by atoms with Crippen molar-refractivity contribution in [1.82, 2.24) is 4.57 Å². The van der Waals surface area contributed by atoms with Crippen LogP contribution < -0.4 is 33.8 Å².